The predicted molar refractivity (Wildman–Crippen MR) is 109 cm³/mol. The topological polar surface area (TPSA) is 64.6 Å². The zero-order chi connectivity index (χ0) is 20.6. The normalized spacial score (nSPS) is 11.5. The van der Waals surface area contributed by atoms with E-state index in [9.17, 15) is 14.0 Å². The van der Waals surface area contributed by atoms with E-state index in [1.807, 2.05) is 24.4 Å². The van der Waals surface area contributed by atoms with Crippen LogP contribution in [0.4, 0.5) is 4.39 Å². The van der Waals surface area contributed by atoms with Crippen molar-refractivity contribution in [1.29, 1.82) is 0 Å². The molecule has 1 atom stereocenters. The molecule has 0 saturated heterocycles. The van der Waals surface area contributed by atoms with E-state index in [-0.39, 0.29) is 11.4 Å². The van der Waals surface area contributed by atoms with Gasteiger partial charge in [-0.25, -0.2) is 9.18 Å². The summed E-state index contributed by atoms with van der Waals surface area (Å²) in [6, 6.07) is 15.9. The Balaban J connectivity index is 1.66. The Kier molecular flexibility index (Phi) is 6.97. The molecule has 0 saturated carbocycles. The van der Waals surface area contributed by atoms with Gasteiger partial charge in [0.2, 0.25) is 0 Å². The molecule has 0 spiro atoms. The molecule has 7 heteroatoms. The number of carbonyl (C=O) groups excluding carboxylic acids is 2. The first kappa shape index (κ1) is 20.5. The van der Waals surface area contributed by atoms with E-state index in [0.29, 0.717) is 12.4 Å². The number of nitrogens with one attached hydrogen (secondary N) is 1. The molecule has 1 N–H and O–H groups in total. The minimum atomic E-state index is -0.640. The number of halogens is 1. The quantitative estimate of drug-likeness (QED) is 0.558. The van der Waals surface area contributed by atoms with E-state index < -0.39 is 24.5 Å². The van der Waals surface area contributed by atoms with E-state index in [1.54, 1.807) is 36.4 Å². The Morgan fingerprint density at radius 1 is 1.07 bits per heavy atom. The zero-order valence-electron chi connectivity index (χ0n) is 15.8. The highest BCUT2D eigenvalue weighted by molar-refractivity contribution is 7.10. The minimum Gasteiger partial charge on any atom is -0.493 e. The van der Waals surface area contributed by atoms with Gasteiger partial charge in [-0.1, -0.05) is 30.3 Å². The van der Waals surface area contributed by atoms with Gasteiger partial charge in [-0.2, -0.15) is 0 Å². The monoisotopic (exact) mass is 413 g/mol. The molecule has 0 radical (unpaired) electrons. The second-order valence-electron chi connectivity index (χ2n) is 6.07. The Morgan fingerprint density at radius 3 is 2.52 bits per heavy atom. The minimum absolute atomic E-state index is 0.260. The molecule has 0 bridgehead atoms. The summed E-state index contributed by atoms with van der Waals surface area (Å²) < 4.78 is 23.8. The van der Waals surface area contributed by atoms with Gasteiger partial charge in [0.05, 0.1) is 12.6 Å². The highest BCUT2D eigenvalue weighted by Crippen LogP contribution is 2.26. The fraction of sp³-hybridized carbons (Fsp3) is 0.182. The largest absolute Gasteiger partial charge is 0.493 e. The van der Waals surface area contributed by atoms with Crippen LogP contribution in [-0.2, 0) is 9.53 Å². The van der Waals surface area contributed by atoms with Crippen LogP contribution in [-0.4, -0.2) is 25.1 Å². The number of rotatable bonds is 8. The summed E-state index contributed by atoms with van der Waals surface area (Å²) in [7, 11) is 0. The molecule has 0 aliphatic carbocycles. The summed E-state index contributed by atoms with van der Waals surface area (Å²) in [5.41, 5.74) is 0.991. The lowest BCUT2D eigenvalue weighted by Crippen LogP contribution is -2.32. The number of esters is 1. The summed E-state index contributed by atoms with van der Waals surface area (Å²) in [5, 5.41) is 4.73. The Labute approximate surface area is 172 Å². The summed E-state index contributed by atoms with van der Waals surface area (Å²) in [5.74, 6) is -1.05. The average Bonchev–Trinajstić information content (AvgIpc) is 3.26. The lowest BCUT2D eigenvalue weighted by Gasteiger charge is -2.18. The molecule has 1 aromatic heterocycles. The number of carbonyl (C=O) groups is 2. The maximum atomic E-state index is 13.3. The molecule has 150 valence electrons. The Bertz CT molecular complexity index is 957. The number of ether oxygens (including phenoxy) is 2. The van der Waals surface area contributed by atoms with Crippen molar-refractivity contribution in [3.63, 3.8) is 0 Å². The van der Waals surface area contributed by atoms with Crippen molar-refractivity contribution in [3.05, 3.63) is 87.9 Å². The average molecular weight is 413 g/mol. The number of benzene rings is 2. The van der Waals surface area contributed by atoms with Crippen molar-refractivity contribution < 1.29 is 23.5 Å². The molecular weight excluding hydrogens is 393 g/mol. The van der Waals surface area contributed by atoms with Crippen molar-refractivity contribution >= 4 is 23.2 Å². The summed E-state index contributed by atoms with van der Waals surface area (Å²) in [4.78, 5) is 25.7. The third-order valence-corrected chi connectivity index (χ3v) is 5.01. The van der Waals surface area contributed by atoms with Crippen LogP contribution < -0.4 is 10.1 Å². The van der Waals surface area contributed by atoms with Crippen molar-refractivity contribution in [2.45, 2.75) is 13.0 Å². The number of para-hydroxylation sites is 1. The van der Waals surface area contributed by atoms with Gasteiger partial charge in [0.1, 0.15) is 17.1 Å². The predicted octanol–water partition coefficient (Wildman–Crippen LogP) is 4.35. The fourth-order valence-electron chi connectivity index (χ4n) is 2.76. The van der Waals surface area contributed by atoms with Crippen LogP contribution >= 0.6 is 11.3 Å². The van der Waals surface area contributed by atoms with Gasteiger partial charge in [0.25, 0.3) is 5.91 Å². The van der Waals surface area contributed by atoms with E-state index in [1.165, 1.54) is 23.5 Å². The van der Waals surface area contributed by atoms with Crippen molar-refractivity contribution in [3.8, 4) is 5.75 Å². The number of thiophene rings is 1. The molecule has 29 heavy (non-hydrogen) atoms. The molecular formula is C22H20FNO4S. The molecule has 0 aliphatic heterocycles. The lowest BCUT2D eigenvalue weighted by atomic mass is 10.1. The second-order valence-corrected chi connectivity index (χ2v) is 7.05. The second kappa shape index (κ2) is 9.84. The number of hydrogen-bond donors (Lipinski definition) is 1. The van der Waals surface area contributed by atoms with E-state index >= 15 is 0 Å². The third-order valence-electron chi connectivity index (χ3n) is 4.08. The standard InChI is InChI=1S/C22H20FNO4S/c1-2-27-18-7-4-3-6-17(18)22(26)28-14-20(25)24-21(19-8-5-13-29-19)15-9-11-16(23)12-10-15/h3-13,21H,2,14H2,1H3,(H,24,25)/t21-/m1/s1. The fourth-order valence-corrected chi connectivity index (χ4v) is 3.56. The highest BCUT2D eigenvalue weighted by Gasteiger charge is 2.20. The van der Waals surface area contributed by atoms with Crippen molar-refractivity contribution in [1.82, 2.24) is 5.32 Å². The molecule has 2 aromatic carbocycles. The Morgan fingerprint density at radius 2 is 1.83 bits per heavy atom. The SMILES string of the molecule is CCOc1ccccc1C(=O)OCC(=O)N[C@H](c1ccc(F)cc1)c1cccs1. The zero-order valence-corrected chi connectivity index (χ0v) is 16.6. The van der Waals surface area contributed by atoms with Crippen LogP contribution in [0.5, 0.6) is 5.75 Å². The number of hydrogen-bond acceptors (Lipinski definition) is 5. The lowest BCUT2D eigenvalue weighted by molar-refractivity contribution is -0.124. The van der Waals surface area contributed by atoms with Crippen LogP contribution in [0.2, 0.25) is 0 Å². The maximum absolute atomic E-state index is 13.3. The van der Waals surface area contributed by atoms with Crippen LogP contribution in [0, 0.1) is 5.82 Å². The van der Waals surface area contributed by atoms with Gasteiger partial charge in [-0.05, 0) is 48.2 Å². The number of amides is 1. The van der Waals surface area contributed by atoms with Gasteiger partial charge in [-0.3, -0.25) is 4.79 Å². The first-order valence-corrected chi connectivity index (χ1v) is 9.93. The molecule has 0 unspecified atom stereocenters. The molecule has 0 aliphatic rings. The third kappa shape index (κ3) is 5.42. The van der Waals surface area contributed by atoms with Crippen LogP contribution in [0.3, 0.4) is 0 Å². The van der Waals surface area contributed by atoms with E-state index in [0.717, 1.165) is 10.4 Å². The smallest absolute Gasteiger partial charge is 0.342 e. The van der Waals surface area contributed by atoms with Gasteiger partial charge < -0.3 is 14.8 Å². The van der Waals surface area contributed by atoms with Gasteiger partial charge in [0.15, 0.2) is 6.61 Å². The van der Waals surface area contributed by atoms with Gasteiger partial charge in [0, 0.05) is 4.88 Å². The van der Waals surface area contributed by atoms with Gasteiger partial charge in [-0.15, -0.1) is 11.3 Å². The molecule has 5 nitrogen and oxygen atoms in total. The van der Waals surface area contributed by atoms with Crippen LogP contribution in [0.15, 0.2) is 66.0 Å². The molecule has 1 amide bonds. The molecule has 0 fully saturated rings. The maximum Gasteiger partial charge on any atom is 0.342 e. The summed E-state index contributed by atoms with van der Waals surface area (Å²) in [6.45, 7) is 1.78. The molecule has 3 rings (SSSR count). The first-order valence-electron chi connectivity index (χ1n) is 9.05. The first-order chi connectivity index (χ1) is 14.1. The van der Waals surface area contributed by atoms with Crippen LogP contribution in [0.25, 0.3) is 0 Å². The van der Waals surface area contributed by atoms with E-state index in [4.69, 9.17) is 9.47 Å². The molecule has 3 aromatic rings. The Hall–Kier alpha value is -3.19. The van der Waals surface area contributed by atoms with Gasteiger partial charge >= 0.3 is 5.97 Å². The van der Waals surface area contributed by atoms with Crippen molar-refractivity contribution in [2.75, 3.05) is 13.2 Å². The summed E-state index contributed by atoms with van der Waals surface area (Å²) in [6.07, 6.45) is 0. The van der Waals surface area contributed by atoms with Crippen molar-refractivity contribution in [2.24, 2.45) is 0 Å². The van der Waals surface area contributed by atoms with Crippen LogP contribution in [0.1, 0.15) is 33.8 Å². The summed E-state index contributed by atoms with van der Waals surface area (Å²) >= 11 is 1.47. The van der Waals surface area contributed by atoms with E-state index in [2.05, 4.69) is 5.32 Å². The highest BCUT2D eigenvalue weighted by atomic mass is 32.1. The molecule has 1 heterocycles.